The summed E-state index contributed by atoms with van der Waals surface area (Å²) in [4.78, 5) is 12.0. The molecule has 0 N–H and O–H groups in total. The average Bonchev–Trinajstić information content (AvgIpc) is 3.02. The summed E-state index contributed by atoms with van der Waals surface area (Å²) >= 11 is 0. The minimum atomic E-state index is -1.84. The lowest BCUT2D eigenvalue weighted by Gasteiger charge is -2.35. The molecule has 0 saturated heterocycles. The van der Waals surface area contributed by atoms with Crippen LogP contribution in [0, 0.1) is 0 Å². The molecule has 6 heteroatoms. The van der Waals surface area contributed by atoms with Crippen LogP contribution < -0.4 is 0 Å². The monoisotopic (exact) mass is 398 g/mol. The largest absolute Gasteiger partial charge is 0.410 e. The van der Waals surface area contributed by atoms with Crippen molar-refractivity contribution in [2.75, 3.05) is 20.8 Å². The van der Waals surface area contributed by atoms with Crippen LogP contribution in [0.2, 0.25) is 18.1 Å². The number of allylic oxidation sites excluding steroid dienone is 2. The van der Waals surface area contributed by atoms with Crippen LogP contribution in [0.4, 0.5) is 0 Å². The number of hydrogen-bond acceptors (Lipinski definition) is 5. The van der Waals surface area contributed by atoms with Crippen LogP contribution in [0.15, 0.2) is 24.3 Å². The molecule has 1 aliphatic rings. The predicted molar refractivity (Wildman–Crippen MR) is 111 cm³/mol. The molecule has 1 aliphatic heterocycles. The van der Waals surface area contributed by atoms with Gasteiger partial charge in [0.05, 0.1) is 6.61 Å². The quantitative estimate of drug-likeness (QED) is 0.263. The van der Waals surface area contributed by atoms with Crippen molar-refractivity contribution in [3.63, 3.8) is 0 Å². The highest BCUT2D eigenvalue weighted by Gasteiger charge is 2.37. The van der Waals surface area contributed by atoms with Gasteiger partial charge in [-0.25, -0.2) is 0 Å². The van der Waals surface area contributed by atoms with E-state index >= 15 is 0 Å². The van der Waals surface area contributed by atoms with E-state index in [-0.39, 0.29) is 23.7 Å². The van der Waals surface area contributed by atoms with E-state index in [0.29, 0.717) is 6.42 Å². The molecule has 0 saturated carbocycles. The molecule has 156 valence electrons. The number of rotatable bonds is 12. The van der Waals surface area contributed by atoms with Crippen molar-refractivity contribution < 1.29 is 23.4 Å². The van der Waals surface area contributed by atoms with Gasteiger partial charge in [0.1, 0.15) is 0 Å². The first-order valence-electron chi connectivity index (χ1n) is 9.81. The van der Waals surface area contributed by atoms with Gasteiger partial charge in [0.15, 0.2) is 26.2 Å². The summed E-state index contributed by atoms with van der Waals surface area (Å²) in [6, 6.07) is 0. The molecule has 0 spiro atoms. The Kier molecular flexibility index (Phi) is 9.58. The Morgan fingerprint density at radius 1 is 1.22 bits per heavy atom. The van der Waals surface area contributed by atoms with Crippen molar-refractivity contribution in [2.24, 2.45) is 0 Å². The molecule has 2 unspecified atom stereocenters. The fourth-order valence-corrected chi connectivity index (χ4v) is 3.43. The summed E-state index contributed by atoms with van der Waals surface area (Å²) < 4.78 is 22.4. The van der Waals surface area contributed by atoms with Crippen LogP contribution in [0.5, 0.6) is 0 Å². The van der Waals surface area contributed by atoms with E-state index < -0.39 is 14.1 Å². The third-order valence-electron chi connectivity index (χ3n) is 5.45. The van der Waals surface area contributed by atoms with Crippen molar-refractivity contribution in [1.29, 1.82) is 0 Å². The van der Waals surface area contributed by atoms with Gasteiger partial charge in [-0.05, 0) is 49.5 Å². The Labute approximate surface area is 166 Å². The molecule has 0 fully saturated rings. The lowest BCUT2D eigenvalue weighted by atomic mass is 10.1. The molecular weight excluding hydrogens is 360 g/mol. The number of methoxy groups -OCH3 is 2. The molecule has 0 aromatic heterocycles. The highest BCUT2D eigenvalue weighted by atomic mass is 28.4. The van der Waals surface area contributed by atoms with Gasteiger partial charge in [-0.3, -0.25) is 4.79 Å². The Morgan fingerprint density at radius 3 is 2.44 bits per heavy atom. The summed E-state index contributed by atoms with van der Waals surface area (Å²) in [5, 5.41) is 0.136. The van der Waals surface area contributed by atoms with Crippen molar-refractivity contribution in [3.05, 3.63) is 24.3 Å². The Hall–Kier alpha value is -0.793. The van der Waals surface area contributed by atoms with E-state index in [1.165, 1.54) is 0 Å². The standard InChI is InChI=1S/C21H38O5Si/c1-20(2,3)27(6,7)25-17-18(22)13-11-9-8-10-12-15-21(24-5)16-14-19(23-4)26-21/h8,10,14,16,19H,9,11-13,15,17H2,1-7H3/b10-8-. The third-order valence-corrected chi connectivity index (χ3v) is 9.93. The molecule has 5 nitrogen and oxygen atoms in total. The van der Waals surface area contributed by atoms with E-state index in [4.69, 9.17) is 18.6 Å². The van der Waals surface area contributed by atoms with Gasteiger partial charge in [-0.1, -0.05) is 32.9 Å². The van der Waals surface area contributed by atoms with Gasteiger partial charge < -0.3 is 18.6 Å². The second kappa shape index (κ2) is 10.7. The average molecular weight is 399 g/mol. The van der Waals surface area contributed by atoms with Gasteiger partial charge in [0.25, 0.3) is 0 Å². The van der Waals surface area contributed by atoms with Crippen LogP contribution >= 0.6 is 0 Å². The molecule has 0 bridgehead atoms. The first-order valence-corrected chi connectivity index (χ1v) is 12.7. The Bertz CT molecular complexity index is 521. The minimum Gasteiger partial charge on any atom is -0.410 e. The lowest BCUT2D eigenvalue weighted by molar-refractivity contribution is -0.244. The SMILES string of the molecule is COC1C=CC(CC/C=C\CCCC(=O)CO[Si](C)(C)C(C)(C)C)(OC)O1. The molecule has 0 aromatic rings. The number of unbranched alkanes of at least 4 members (excludes halogenated alkanes) is 1. The number of ketones is 1. The van der Waals surface area contributed by atoms with Crippen LogP contribution in [-0.4, -0.2) is 47.0 Å². The maximum Gasteiger partial charge on any atom is 0.192 e. The van der Waals surface area contributed by atoms with E-state index in [0.717, 1.165) is 25.7 Å². The highest BCUT2D eigenvalue weighted by Crippen LogP contribution is 2.36. The second-order valence-corrected chi connectivity index (χ2v) is 13.4. The van der Waals surface area contributed by atoms with Crippen LogP contribution in [0.3, 0.4) is 0 Å². The first kappa shape index (κ1) is 24.2. The summed E-state index contributed by atoms with van der Waals surface area (Å²) in [5.74, 6) is -0.496. The van der Waals surface area contributed by atoms with Crippen molar-refractivity contribution in [3.8, 4) is 0 Å². The fourth-order valence-electron chi connectivity index (χ4n) is 2.47. The van der Waals surface area contributed by atoms with E-state index in [9.17, 15) is 4.79 Å². The van der Waals surface area contributed by atoms with Crippen LogP contribution in [0.25, 0.3) is 0 Å². The zero-order valence-electron chi connectivity index (χ0n) is 18.2. The van der Waals surface area contributed by atoms with E-state index in [1.807, 2.05) is 12.2 Å². The zero-order chi connectivity index (χ0) is 20.6. The first-order chi connectivity index (χ1) is 12.6. The van der Waals surface area contributed by atoms with Gasteiger partial charge >= 0.3 is 0 Å². The van der Waals surface area contributed by atoms with Gasteiger partial charge in [-0.2, -0.15) is 0 Å². The molecule has 2 atom stereocenters. The zero-order valence-corrected chi connectivity index (χ0v) is 19.2. The smallest absolute Gasteiger partial charge is 0.192 e. The van der Waals surface area contributed by atoms with Crippen molar-refractivity contribution >= 4 is 14.1 Å². The number of ether oxygens (including phenoxy) is 3. The lowest BCUT2D eigenvalue weighted by Crippen LogP contribution is -2.42. The predicted octanol–water partition coefficient (Wildman–Crippen LogP) is 4.99. The molecular formula is C21H38O5Si. The van der Waals surface area contributed by atoms with E-state index in [2.05, 4.69) is 46.0 Å². The molecule has 0 radical (unpaired) electrons. The van der Waals surface area contributed by atoms with E-state index in [1.54, 1.807) is 14.2 Å². The minimum absolute atomic E-state index is 0.136. The summed E-state index contributed by atoms with van der Waals surface area (Å²) in [6.07, 6.45) is 11.6. The summed E-state index contributed by atoms with van der Waals surface area (Å²) in [6.45, 7) is 11.2. The Balaban J connectivity index is 2.19. The number of carbonyl (C=O) groups is 1. The van der Waals surface area contributed by atoms with Crippen LogP contribution in [-0.2, 0) is 23.4 Å². The fraction of sp³-hybridized carbons (Fsp3) is 0.762. The number of Topliss-reactive ketones (excluding diaryl/α,β-unsaturated/α-hetero) is 1. The van der Waals surface area contributed by atoms with Gasteiger partial charge in [0.2, 0.25) is 0 Å². The molecule has 0 amide bonds. The molecule has 0 aliphatic carbocycles. The van der Waals surface area contributed by atoms with Crippen LogP contribution in [0.1, 0.15) is 52.9 Å². The van der Waals surface area contributed by atoms with Crippen molar-refractivity contribution in [1.82, 2.24) is 0 Å². The summed E-state index contributed by atoms with van der Waals surface area (Å²) in [7, 11) is 1.42. The molecule has 1 heterocycles. The van der Waals surface area contributed by atoms with Gasteiger partial charge in [0, 0.05) is 27.1 Å². The van der Waals surface area contributed by atoms with Gasteiger partial charge in [-0.15, -0.1) is 0 Å². The topological polar surface area (TPSA) is 54.0 Å². The van der Waals surface area contributed by atoms with Crippen molar-refractivity contribution in [2.45, 2.75) is 83.1 Å². The summed E-state index contributed by atoms with van der Waals surface area (Å²) in [5.41, 5.74) is 0. The number of carbonyl (C=O) groups excluding carboxylic acids is 1. The maximum atomic E-state index is 12.0. The third kappa shape index (κ3) is 7.99. The molecule has 0 aromatic carbocycles. The normalized spacial score (nSPS) is 23.4. The second-order valence-electron chi connectivity index (χ2n) is 8.59. The Morgan fingerprint density at radius 2 is 1.89 bits per heavy atom. The maximum absolute atomic E-state index is 12.0. The molecule has 27 heavy (non-hydrogen) atoms. The highest BCUT2D eigenvalue weighted by molar-refractivity contribution is 6.74. The number of hydrogen-bond donors (Lipinski definition) is 0. The molecule has 1 rings (SSSR count).